The van der Waals surface area contributed by atoms with Gasteiger partial charge in [0.2, 0.25) is 0 Å². The molecule has 136 valence electrons. The minimum Gasteiger partial charge on any atom is -0.425 e. The molecule has 0 N–H and O–H groups in total. The lowest BCUT2D eigenvalue weighted by atomic mass is 10.0. The van der Waals surface area contributed by atoms with Crippen molar-refractivity contribution in [2.24, 2.45) is 0 Å². The fourth-order valence-electron chi connectivity index (χ4n) is 3.05. The maximum absolute atomic E-state index is 14.3. The van der Waals surface area contributed by atoms with Crippen molar-refractivity contribution in [1.29, 1.82) is 0 Å². The van der Waals surface area contributed by atoms with Gasteiger partial charge < -0.3 is 4.74 Å². The lowest BCUT2D eigenvalue weighted by Gasteiger charge is -2.17. The second-order valence-electron chi connectivity index (χ2n) is 6.23. The maximum Gasteiger partial charge on any atom is 0.325 e. The molecule has 0 radical (unpaired) electrons. The smallest absolute Gasteiger partial charge is 0.325 e. The first kappa shape index (κ1) is 17.6. The van der Waals surface area contributed by atoms with E-state index < -0.39 is 5.82 Å². The molecule has 27 heavy (non-hydrogen) atoms. The van der Waals surface area contributed by atoms with Crippen molar-refractivity contribution >= 4 is 17.6 Å². The number of aromatic nitrogens is 2. The van der Waals surface area contributed by atoms with Crippen LogP contribution in [0.25, 0.3) is 11.1 Å². The van der Waals surface area contributed by atoms with E-state index in [4.69, 9.17) is 16.3 Å². The van der Waals surface area contributed by atoms with E-state index in [1.165, 1.54) is 6.07 Å². The third-order valence-corrected chi connectivity index (χ3v) is 4.49. The highest BCUT2D eigenvalue weighted by Gasteiger charge is 2.22. The van der Waals surface area contributed by atoms with E-state index in [2.05, 4.69) is 9.97 Å². The first-order valence-electron chi connectivity index (χ1n) is 8.36. The van der Waals surface area contributed by atoms with Crippen molar-refractivity contribution in [3.8, 4) is 16.9 Å². The van der Waals surface area contributed by atoms with Crippen molar-refractivity contribution in [3.05, 3.63) is 77.1 Å². The van der Waals surface area contributed by atoms with Crippen molar-refractivity contribution in [1.82, 2.24) is 14.9 Å². The molecular weight excluding hydrogens is 369 g/mol. The molecular formula is C20H15ClFN3O2. The molecule has 0 amide bonds. The van der Waals surface area contributed by atoms with Gasteiger partial charge in [0, 0.05) is 35.1 Å². The lowest BCUT2D eigenvalue weighted by Crippen LogP contribution is -2.29. The van der Waals surface area contributed by atoms with Gasteiger partial charge >= 0.3 is 5.97 Å². The number of carbonyl (C=O) groups excluding carboxylic acids is 1. The molecule has 2 aromatic carbocycles. The van der Waals surface area contributed by atoms with Crippen LogP contribution in [0.15, 0.2) is 54.9 Å². The summed E-state index contributed by atoms with van der Waals surface area (Å²) >= 11 is 5.84. The number of ether oxygens (including phenoxy) is 1. The quantitative estimate of drug-likeness (QED) is 0.508. The Labute approximate surface area is 160 Å². The molecule has 0 bridgehead atoms. The van der Waals surface area contributed by atoms with Crippen molar-refractivity contribution in [3.63, 3.8) is 0 Å². The van der Waals surface area contributed by atoms with Gasteiger partial charge in [-0.3, -0.25) is 9.69 Å². The summed E-state index contributed by atoms with van der Waals surface area (Å²) in [6.07, 6.45) is 3.32. The zero-order chi connectivity index (χ0) is 18.8. The second kappa shape index (κ2) is 7.42. The van der Waals surface area contributed by atoms with Gasteiger partial charge in [0.25, 0.3) is 0 Å². The number of fused-ring (bicyclic) bond motifs is 1. The summed E-state index contributed by atoms with van der Waals surface area (Å²) in [6, 6.07) is 11.6. The summed E-state index contributed by atoms with van der Waals surface area (Å²) in [6.45, 7) is 0.995. The van der Waals surface area contributed by atoms with Crippen LogP contribution in [-0.4, -0.2) is 27.4 Å². The number of hydrogen-bond donors (Lipinski definition) is 0. The Morgan fingerprint density at radius 1 is 1.11 bits per heavy atom. The Morgan fingerprint density at radius 2 is 1.93 bits per heavy atom. The van der Waals surface area contributed by atoms with E-state index in [-0.39, 0.29) is 12.5 Å². The van der Waals surface area contributed by atoms with Crippen LogP contribution in [0.5, 0.6) is 5.75 Å². The largest absolute Gasteiger partial charge is 0.425 e. The van der Waals surface area contributed by atoms with E-state index in [1.807, 2.05) is 11.0 Å². The average molecular weight is 384 g/mol. The van der Waals surface area contributed by atoms with Crippen molar-refractivity contribution < 1.29 is 13.9 Å². The molecule has 0 saturated carbocycles. The Kier molecular flexibility index (Phi) is 4.83. The van der Waals surface area contributed by atoms with E-state index >= 15 is 0 Å². The second-order valence-corrected chi connectivity index (χ2v) is 6.67. The highest BCUT2D eigenvalue weighted by atomic mass is 35.5. The SMILES string of the molecule is O=C1CN(Cc2ncccn2)Cc2cc(-c3ccc(Cl)cc3F)ccc2O1. The lowest BCUT2D eigenvalue weighted by molar-refractivity contribution is -0.135. The normalized spacial score (nSPS) is 14.4. The number of hydrogen-bond acceptors (Lipinski definition) is 5. The topological polar surface area (TPSA) is 55.3 Å². The fourth-order valence-corrected chi connectivity index (χ4v) is 3.21. The first-order valence-corrected chi connectivity index (χ1v) is 8.73. The van der Waals surface area contributed by atoms with Gasteiger partial charge in [-0.05, 0) is 42.0 Å². The summed E-state index contributed by atoms with van der Waals surface area (Å²) in [7, 11) is 0. The molecule has 1 aromatic heterocycles. The van der Waals surface area contributed by atoms with Crippen LogP contribution in [-0.2, 0) is 17.9 Å². The third kappa shape index (κ3) is 3.97. The number of esters is 1. The standard InChI is InChI=1S/C20H15ClFN3O2/c21-15-3-4-16(17(22)9-15)13-2-5-18-14(8-13)10-25(12-20(26)27-18)11-19-23-6-1-7-24-19/h1-9H,10-12H2. The van der Waals surface area contributed by atoms with E-state index in [1.54, 1.807) is 42.7 Å². The molecule has 0 aliphatic carbocycles. The molecule has 0 spiro atoms. The van der Waals surface area contributed by atoms with Gasteiger partial charge in [-0.25, -0.2) is 14.4 Å². The highest BCUT2D eigenvalue weighted by molar-refractivity contribution is 6.30. The highest BCUT2D eigenvalue weighted by Crippen LogP contribution is 2.32. The van der Waals surface area contributed by atoms with Crippen molar-refractivity contribution in [2.45, 2.75) is 13.1 Å². The number of nitrogens with zero attached hydrogens (tertiary/aromatic N) is 3. The molecule has 0 saturated heterocycles. The molecule has 1 aliphatic heterocycles. The average Bonchev–Trinajstić information content (AvgIpc) is 2.79. The zero-order valence-electron chi connectivity index (χ0n) is 14.2. The first-order chi connectivity index (χ1) is 13.1. The van der Waals surface area contributed by atoms with Gasteiger partial charge in [-0.2, -0.15) is 0 Å². The van der Waals surface area contributed by atoms with Crippen LogP contribution in [0.2, 0.25) is 5.02 Å². The predicted molar refractivity (Wildman–Crippen MR) is 98.6 cm³/mol. The minimum atomic E-state index is -0.400. The summed E-state index contributed by atoms with van der Waals surface area (Å²) in [4.78, 5) is 22.4. The zero-order valence-corrected chi connectivity index (χ0v) is 15.0. The molecule has 1 aliphatic rings. The van der Waals surface area contributed by atoms with E-state index in [9.17, 15) is 9.18 Å². The predicted octanol–water partition coefficient (Wildman–Crippen LogP) is 3.86. The molecule has 2 heterocycles. The van der Waals surface area contributed by atoms with Gasteiger partial charge in [0.1, 0.15) is 17.4 Å². The van der Waals surface area contributed by atoms with Gasteiger partial charge in [0.15, 0.2) is 0 Å². The number of halogens is 2. The van der Waals surface area contributed by atoms with Crippen LogP contribution in [0, 0.1) is 5.82 Å². The van der Waals surface area contributed by atoms with Crippen molar-refractivity contribution in [2.75, 3.05) is 6.54 Å². The van der Waals surface area contributed by atoms with Crippen LogP contribution in [0.4, 0.5) is 4.39 Å². The molecule has 4 rings (SSSR count). The van der Waals surface area contributed by atoms with Crippen LogP contribution >= 0.6 is 11.6 Å². The molecule has 0 unspecified atom stereocenters. The summed E-state index contributed by atoms with van der Waals surface area (Å²) < 4.78 is 19.7. The van der Waals surface area contributed by atoms with Gasteiger partial charge in [-0.1, -0.05) is 17.7 Å². The third-order valence-electron chi connectivity index (χ3n) is 4.26. The summed E-state index contributed by atoms with van der Waals surface area (Å²) in [5.74, 6) is 0.348. The molecule has 7 heteroatoms. The summed E-state index contributed by atoms with van der Waals surface area (Å²) in [5.41, 5.74) is 1.93. The Balaban J connectivity index is 1.66. The molecule has 3 aromatic rings. The molecule has 0 atom stereocenters. The molecule has 0 fully saturated rings. The fraction of sp³-hybridized carbons (Fsp3) is 0.150. The molecule has 5 nitrogen and oxygen atoms in total. The Morgan fingerprint density at radius 3 is 2.70 bits per heavy atom. The van der Waals surface area contributed by atoms with E-state index in [0.717, 1.165) is 5.56 Å². The number of benzene rings is 2. The van der Waals surface area contributed by atoms with Crippen LogP contribution in [0.1, 0.15) is 11.4 Å². The van der Waals surface area contributed by atoms with Crippen LogP contribution in [0.3, 0.4) is 0 Å². The van der Waals surface area contributed by atoms with E-state index in [0.29, 0.717) is 40.8 Å². The maximum atomic E-state index is 14.3. The van der Waals surface area contributed by atoms with Gasteiger partial charge in [0.05, 0.1) is 13.1 Å². The monoisotopic (exact) mass is 383 g/mol. The summed E-state index contributed by atoms with van der Waals surface area (Å²) in [5, 5.41) is 0.342. The Hall–Kier alpha value is -2.83. The van der Waals surface area contributed by atoms with Gasteiger partial charge in [-0.15, -0.1) is 0 Å². The number of rotatable bonds is 3. The van der Waals surface area contributed by atoms with Crippen LogP contribution < -0.4 is 4.74 Å². The Bertz CT molecular complexity index is 998. The minimum absolute atomic E-state index is 0.123. The number of carbonyl (C=O) groups is 1.